The van der Waals surface area contributed by atoms with Gasteiger partial charge in [-0.1, -0.05) is 0 Å². The normalized spacial score (nSPS) is 10.8. The van der Waals surface area contributed by atoms with Crippen LogP contribution in [-0.4, -0.2) is 9.97 Å². The fraction of sp³-hybridized carbons (Fsp3) is 0.143. The number of terminal acetylenes is 1. The Balaban J connectivity index is 3.13. The molecule has 0 fully saturated rings. The van der Waals surface area contributed by atoms with Crippen molar-refractivity contribution in [2.24, 2.45) is 0 Å². The summed E-state index contributed by atoms with van der Waals surface area (Å²) in [6.45, 7) is 0. The van der Waals surface area contributed by atoms with Crippen LogP contribution in [0, 0.1) is 12.3 Å². The zero-order valence-corrected chi connectivity index (χ0v) is 5.76. The van der Waals surface area contributed by atoms with Gasteiger partial charge in [-0.15, -0.1) is 6.42 Å². The van der Waals surface area contributed by atoms with E-state index in [-0.39, 0.29) is 5.82 Å². The first kappa shape index (κ1) is 8.53. The fourth-order valence-electron chi connectivity index (χ4n) is 0.586. The van der Waals surface area contributed by atoms with E-state index >= 15 is 0 Å². The maximum Gasteiger partial charge on any atom is 0.433 e. The molecule has 0 bridgehead atoms. The fourth-order valence-corrected chi connectivity index (χ4v) is 0.586. The van der Waals surface area contributed by atoms with Crippen molar-refractivity contribution in [1.82, 2.24) is 9.97 Å². The monoisotopic (exact) mass is 172 g/mol. The summed E-state index contributed by atoms with van der Waals surface area (Å²) >= 11 is 0. The molecule has 12 heavy (non-hydrogen) atoms. The number of aromatic nitrogens is 2. The second kappa shape index (κ2) is 2.81. The van der Waals surface area contributed by atoms with Crippen LogP contribution in [-0.2, 0) is 6.18 Å². The Morgan fingerprint density at radius 3 is 2.58 bits per heavy atom. The zero-order valence-electron chi connectivity index (χ0n) is 5.76. The topological polar surface area (TPSA) is 25.8 Å². The lowest BCUT2D eigenvalue weighted by atomic mass is 10.4. The van der Waals surface area contributed by atoms with Gasteiger partial charge in [0.25, 0.3) is 0 Å². The third-order valence-corrected chi connectivity index (χ3v) is 1.08. The van der Waals surface area contributed by atoms with E-state index in [1.54, 1.807) is 0 Å². The molecular formula is C7H3F3N2. The lowest BCUT2D eigenvalue weighted by Crippen LogP contribution is -2.09. The minimum atomic E-state index is -4.46. The van der Waals surface area contributed by atoms with Gasteiger partial charge >= 0.3 is 6.18 Å². The van der Waals surface area contributed by atoms with E-state index in [9.17, 15) is 13.2 Å². The van der Waals surface area contributed by atoms with Gasteiger partial charge in [0.05, 0.1) is 0 Å². The van der Waals surface area contributed by atoms with Crippen LogP contribution in [0.5, 0.6) is 0 Å². The smallest absolute Gasteiger partial charge is 0.229 e. The van der Waals surface area contributed by atoms with E-state index < -0.39 is 11.9 Å². The van der Waals surface area contributed by atoms with E-state index in [1.165, 1.54) is 0 Å². The van der Waals surface area contributed by atoms with Gasteiger partial charge in [-0.05, 0) is 12.0 Å². The molecule has 1 heterocycles. The van der Waals surface area contributed by atoms with Gasteiger partial charge in [0, 0.05) is 6.20 Å². The molecule has 2 nitrogen and oxygen atoms in total. The average Bonchev–Trinajstić information content (AvgIpc) is 2.03. The number of alkyl halides is 3. The number of nitrogens with zero attached hydrogens (tertiary/aromatic N) is 2. The van der Waals surface area contributed by atoms with Crippen LogP contribution in [0.3, 0.4) is 0 Å². The summed E-state index contributed by atoms with van der Waals surface area (Å²) in [6.07, 6.45) is 1.33. The molecule has 62 valence electrons. The van der Waals surface area contributed by atoms with Gasteiger partial charge in [-0.3, -0.25) is 0 Å². The first-order valence-electron chi connectivity index (χ1n) is 2.91. The van der Waals surface area contributed by atoms with E-state index in [0.29, 0.717) is 0 Å². The molecular weight excluding hydrogens is 169 g/mol. The maximum atomic E-state index is 11.9. The maximum absolute atomic E-state index is 11.9. The highest BCUT2D eigenvalue weighted by Crippen LogP contribution is 2.26. The Morgan fingerprint density at radius 2 is 2.08 bits per heavy atom. The van der Waals surface area contributed by atoms with Crippen LogP contribution in [0.25, 0.3) is 0 Å². The summed E-state index contributed by atoms with van der Waals surface area (Å²) in [5.41, 5.74) is -1.02. The molecule has 0 saturated carbocycles. The summed E-state index contributed by atoms with van der Waals surface area (Å²) in [5, 5.41) is 0. The molecule has 0 atom stereocenters. The van der Waals surface area contributed by atoms with Crippen molar-refractivity contribution in [3.8, 4) is 12.3 Å². The molecule has 1 aromatic heterocycles. The lowest BCUT2D eigenvalue weighted by Gasteiger charge is -2.03. The molecule has 0 N–H and O–H groups in total. The van der Waals surface area contributed by atoms with E-state index in [1.807, 2.05) is 5.92 Å². The van der Waals surface area contributed by atoms with Crippen molar-refractivity contribution >= 4 is 0 Å². The largest absolute Gasteiger partial charge is 0.433 e. The molecule has 0 aromatic carbocycles. The highest BCUT2D eigenvalue weighted by atomic mass is 19.4. The zero-order chi connectivity index (χ0) is 9.19. The molecule has 0 amide bonds. The minimum Gasteiger partial charge on any atom is -0.229 e. The van der Waals surface area contributed by atoms with Crippen LogP contribution in [0.15, 0.2) is 12.3 Å². The van der Waals surface area contributed by atoms with Gasteiger partial charge < -0.3 is 0 Å². The molecule has 0 radical (unpaired) electrons. The Hall–Kier alpha value is -1.57. The van der Waals surface area contributed by atoms with E-state index in [4.69, 9.17) is 6.42 Å². The first-order valence-corrected chi connectivity index (χ1v) is 2.91. The van der Waals surface area contributed by atoms with Gasteiger partial charge in [0.1, 0.15) is 5.69 Å². The third-order valence-electron chi connectivity index (χ3n) is 1.08. The summed E-state index contributed by atoms with van der Waals surface area (Å²) in [5.74, 6) is 1.66. The molecule has 0 spiro atoms. The standard InChI is InChI=1S/C7H3F3N2/c1-2-6-11-4-3-5(12-6)7(8,9)10/h1,3-4H. The van der Waals surface area contributed by atoms with Gasteiger partial charge in [-0.25, -0.2) is 9.97 Å². The molecule has 0 unspecified atom stereocenters. The van der Waals surface area contributed by atoms with Crippen molar-refractivity contribution in [2.45, 2.75) is 6.18 Å². The number of hydrogen-bond donors (Lipinski definition) is 0. The van der Waals surface area contributed by atoms with E-state index in [0.717, 1.165) is 12.3 Å². The van der Waals surface area contributed by atoms with Crippen LogP contribution >= 0.6 is 0 Å². The predicted octanol–water partition coefficient (Wildman–Crippen LogP) is 1.48. The number of halogens is 3. The first-order chi connectivity index (χ1) is 5.54. The summed E-state index contributed by atoms with van der Waals surface area (Å²) in [7, 11) is 0. The Morgan fingerprint density at radius 1 is 1.42 bits per heavy atom. The molecule has 0 aliphatic carbocycles. The Labute approximate surface area is 66.5 Å². The molecule has 1 rings (SSSR count). The molecule has 1 aromatic rings. The molecule has 5 heteroatoms. The van der Waals surface area contributed by atoms with Crippen molar-refractivity contribution in [3.05, 3.63) is 23.8 Å². The average molecular weight is 172 g/mol. The Kier molecular flexibility index (Phi) is 2.00. The van der Waals surface area contributed by atoms with Crippen molar-refractivity contribution in [3.63, 3.8) is 0 Å². The molecule has 0 saturated heterocycles. The summed E-state index contributed by atoms with van der Waals surface area (Å²) in [4.78, 5) is 6.51. The van der Waals surface area contributed by atoms with Crippen LogP contribution in [0.4, 0.5) is 13.2 Å². The number of hydrogen-bond acceptors (Lipinski definition) is 2. The van der Waals surface area contributed by atoms with Crippen molar-refractivity contribution in [1.29, 1.82) is 0 Å². The lowest BCUT2D eigenvalue weighted by molar-refractivity contribution is -0.141. The van der Waals surface area contributed by atoms with Crippen LogP contribution < -0.4 is 0 Å². The van der Waals surface area contributed by atoms with Crippen molar-refractivity contribution < 1.29 is 13.2 Å². The highest BCUT2D eigenvalue weighted by Gasteiger charge is 2.32. The quantitative estimate of drug-likeness (QED) is 0.554. The molecule has 0 aliphatic heterocycles. The van der Waals surface area contributed by atoms with Gasteiger partial charge in [0.2, 0.25) is 5.82 Å². The van der Waals surface area contributed by atoms with E-state index in [2.05, 4.69) is 9.97 Å². The minimum absolute atomic E-state index is 0.259. The Bertz CT molecular complexity index is 324. The van der Waals surface area contributed by atoms with Crippen molar-refractivity contribution in [2.75, 3.05) is 0 Å². The summed E-state index contributed by atoms with van der Waals surface area (Å²) < 4.78 is 35.8. The van der Waals surface area contributed by atoms with Gasteiger partial charge in [-0.2, -0.15) is 13.2 Å². The third kappa shape index (κ3) is 1.72. The van der Waals surface area contributed by atoms with Gasteiger partial charge in [0.15, 0.2) is 0 Å². The SMILES string of the molecule is C#Cc1nccc(C(F)(F)F)n1. The second-order valence-electron chi connectivity index (χ2n) is 1.91. The number of rotatable bonds is 0. The molecule has 0 aliphatic rings. The van der Waals surface area contributed by atoms with Crippen LogP contribution in [0.2, 0.25) is 0 Å². The predicted molar refractivity (Wildman–Crippen MR) is 35.0 cm³/mol. The highest BCUT2D eigenvalue weighted by molar-refractivity contribution is 5.18. The second-order valence-corrected chi connectivity index (χ2v) is 1.91. The van der Waals surface area contributed by atoms with Crippen LogP contribution in [0.1, 0.15) is 11.5 Å². The summed E-state index contributed by atoms with van der Waals surface area (Å²) in [6, 6.07) is 0.765.